The number of aromatic nitrogens is 1. The summed E-state index contributed by atoms with van der Waals surface area (Å²) in [6.45, 7) is 0. The summed E-state index contributed by atoms with van der Waals surface area (Å²) in [6, 6.07) is 9.07. The number of hydrogen-bond acceptors (Lipinski definition) is 5. The van der Waals surface area contributed by atoms with Crippen molar-refractivity contribution in [2.45, 2.75) is 12.5 Å². The average Bonchev–Trinajstić information content (AvgIpc) is 2.96. The lowest BCUT2D eigenvalue weighted by molar-refractivity contribution is 0.0747. The summed E-state index contributed by atoms with van der Waals surface area (Å²) in [7, 11) is -1.46. The van der Waals surface area contributed by atoms with Crippen molar-refractivity contribution >= 4 is 27.2 Å². The number of pyridine rings is 1. The predicted octanol–water partition coefficient (Wildman–Crippen LogP) is 2.22. The van der Waals surface area contributed by atoms with E-state index in [1.807, 2.05) is 0 Å². The van der Waals surface area contributed by atoms with Crippen molar-refractivity contribution in [2.24, 2.45) is 0 Å². The number of rotatable bonds is 4. The molecule has 1 saturated heterocycles. The highest BCUT2D eigenvalue weighted by Crippen LogP contribution is 2.20. The lowest BCUT2D eigenvalue weighted by Crippen LogP contribution is -2.37. The van der Waals surface area contributed by atoms with Gasteiger partial charge >= 0.3 is 0 Å². The number of amides is 1. The Morgan fingerprint density at radius 2 is 2.04 bits per heavy atom. The van der Waals surface area contributed by atoms with Crippen LogP contribution in [0.25, 0.3) is 0 Å². The summed E-state index contributed by atoms with van der Waals surface area (Å²) >= 11 is 0. The molecule has 0 aliphatic carbocycles. The summed E-state index contributed by atoms with van der Waals surface area (Å²) in [5.74, 6) is -0.166. The van der Waals surface area contributed by atoms with Crippen molar-refractivity contribution in [3.8, 4) is 0 Å². The van der Waals surface area contributed by atoms with E-state index < -0.39 is 15.7 Å². The Kier molecular flexibility index (Phi) is 4.71. The maximum Gasteiger partial charge on any atom is 0.255 e. The minimum absolute atomic E-state index is 0.00437. The van der Waals surface area contributed by atoms with Crippen LogP contribution >= 0.6 is 0 Å². The van der Waals surface area contributed by atoms with Crippen LogP contribution in [0.5, 0.6) is 0 Å². The van der Waals surface area contributed by atoms with Gasteiger partial charge in [0, 0.05) is 19.3 Å². The fourth-order valence-electron chi connectivity index (χ4n) is 2.75. The van der Waals surface area contributed by atoms with E-state index in [0.717, 1.165) is 0 Å². The van der Waals surface area contributed by atoms with Crippen LogP contribution < -0.4 is 5.32 Å². The van der Waals surface area contributed by atoms with E-state index in [9.17, 15) is 17.6 Å². The van der Waals surface area contributed by atoms with E-state index in [1.54, 1.807) is 37.4 Å². The Labute approximate surface area is 145 Å². The Morgan fingerprint density at radius 1 is 1.28 bits per heavy atom. The number of anilines is 2. The molecule has 1 fully saturated rings. The molecule has 132 valence electrons. The van der Waals surface area contributed by atoms with Crippen molar-refractivity contribution in [2.75, 3.05) is 23.9 Å². The lowest BCUT2D eigenvalue weighted by atomic mass is 10.2. The third kappa shape index (κ3) is 3.96. The number of nitrogens with zero attached hydrogens (tertiary/aromatic N) is 2. The molecule has 2 aromatic rings. The largest absolute Gasteiger partial charge is 0.338 e. The van der Waals surface area contributed by atoms with Gasteiger partial charge in [0.25, 0.3) is 5.91 Å². The van der Waals surface area contributed by atoms with Crippen LogP contribution in [0.2, 0.25) is 0 Å². The molecule has 6 nitrogen and oxygen atoms in total. The summed E-state index contributed by atoms with van der Waals surface area (Å²) in [6.07, 6.45) is 1.84. The van der Waals surface area contributed by atoms with Gasteiger partial charge in [-0.3, -0.25) is 4.79 Å². The van der Waals surface area contributed by atoms with Gasteiger partial charge in [-0.25, -0.2) is 17.8 Å². The molecule has 0 saturated carbocycles. The second-order valence-electron chi connectivity index (χ2n) is 6.01. The van der Waals surface area contributed by atoms with Gasteiger partial charge in [-0.05, 0) is 30.7 Å². The van der Waals surface area contributed by atoms with Crippen LogP contribution in [0.4, 0.5) is 15.9 Å². The van der Waals surface area contributed by atoms with Crippen LogP contribution in [-0.4, -0.2) is 48.8 Å². The highest BCUT2D eigenvalue weighted by atomic mass is 32.2. The molecule has 25 heavy (non-hydrogen) atoms. The molecule has 1 N–H and O–H groups in total. The van der Waals surface area contributed by atoms with E-state index in [4.69, 9.17) is 0 Å². The Balaban J connectivity index is 1.69. The number of halogens is 1. The summed E-state index contributed by atoms with van der Waals surface area (Å²) < 4.78 is 36.7. The van der Waals surface area contributed by atoms with E-state index in [1.165, 1.54) is 17.2 Å². The molecule has 1 aromatic carbocycles. The molecular formula is C17H18FN3O3S. The minimum Gasteiger partial charge on any atom is -0.338 e. The Bertz CT molecular complexity index is 884. The third-order valence-corrected chi connectivity index (χ3v) is 5.97. The topological polar surface area (TPSA) is 79.4 Å². The Morgan fingerprint density at radius 3 is 2.64 bits per heavy atom. The van der Waals surface area contributed by atoms with Gasteiger partial charge in [0.15, 0.2) is 9.84 Å². The van der Waals surface area contributed by atoms with Crippen LogP contribution in [0.1, 0.15) is 16.8 Å². The zero-order valence-corrected chi connectivity index (χ0v) is 14.5. The summed E-state index contributed by atoms with van der Waals surface area (Å²) in [4.78, 5) is 18.1. The van der Waals surface area contributed by atoms with Gasteiger partial charge in [0.05, 0.1) is 22.8 Å². The highest BCUT2D eigenvalue weighted by Gasteiger charge is 2.33. The number of nitrogens with one attached hydrogen (secondary N) is 1. The number of para-hydroxylation sites is 1. The number of sulfone groups is 1. The van der Waals surface area contributed by atoms with Crippen LogP contribution in [0.3, 0.4) is 0 Å². The number of benzene rings is 1. The summed E-state index contributed by atoms with van der Waals surface area (Å²) in [5.41, 5.74) is 0.647. The van der Waals surface area contributed by atoms with Crippen LogP contribution in [0.15, 0.2) is 42.6 Å². The monoisotopic (exact) mass is 363 g/mol. The van der Waals surface area contributed by atoms with Gasteiger partial charge in [0.2, 0.25) is 0 Å². The molecule has 8 heteroatoms. The molecule has 1 aromatic heterocycles. The number of carbonyl (C=O) groups excluding carboxylic acids is 1. The molecule has 1 aliphatic rings. The normalized spacial score (nSPS) is 18.7. The standard InChI is InChI=1S/C17H18FN3O3S/c1-21(13-8-9-25(23,24)11-13)17(22)12-6-7-16(19-10-12)20-15-5-3-2-4-14(15)18/h2-7,10,13H,8-9,11H2,1H3,(H,19,20). The number of hydrogen-bond donors (Lipinski definition) is 1. The first-order chi connectivity index (χ1) is 11.9. The van der Waals surface area contributed by atoms with Gasteiger partial charge in [-0.2, -0.15) is 0 Å². The molecule has 0 spiro atoms. The van der Waals surface area contributed by atoms with Crippen molar-refractivity contribution < 1.29 is 17.6 Å². The molecule has 1 atom stereocenters. The molecule has 3 rings (SSSR count). The predicted molar refractivity (Wildman–Crippen MR) is 93.1 cm³/mol. The number of carbonyl (C=O) groups is 1. The smallest absolute Gasteiger partial charge is 0.255 e. The van der Waals surface area contributed by atoms with Gasteiger partial charge in [-0.1, -0.05) is 12.1 Å². The fraction of sp³-hybridized carbons (Fsp3) is 0.294. The molecule has 0 radical (unpaired) electrons. The van der Waals surface area contributed by atoms with Crippen molar-refractivity contribution in [3.63, 3.8) is 0 Å². The Hall–Kier alpha value is -2.48. The van der Waals surface area contributed by atoms with E-state index in [-0.39, 0.29) is 23.5 Å². The zero-order chi connectivity index (χ0) is 18.0. The van der Waals surface area contributed by atoms with Crippen molar-refractivity contribution in [1.29, 1.82) is 0 Å². The average molecular weight is 363 g/mol. The maximum atomic E-state index is 13.6. The van der Waals surface area contributed by atoms with Crippen molar-refractivity contribution in [1.82, 2.24) is 9.88 Å². The second-order valence-corrected chi connectivity index (χ2v) is 8.24. The first kappa shape index (κ1) is 17.3. The van der Waals surface area contributed by atoms with Crippen LogP contribution in [0, 0.1) is 5.82 Å². The molecular weight excluding hydrogens is 345 g/mol. The van der Waals surface area contributed by atoms with Gasteiger partial charge in [-0.15, -0.1) is 0 Å². The first-order valence-electron chi connectivity index (χ1n) is 7.81. The van der Waals surface area contributed by atoms with E-state index in [2.05, 4.69) is 10.3 Å². The van der Waals surface area contributed by atoms with Crippen LogP contribution in [-0.2, 0) is 9.84 Å². The minimum atomic E-state index is -3.06. The maximum absolute atomic E-state index is 13.6. The van der Waals surface area contributed by atoms with E-state index in [0.29, 0.717) is 23.5 Å². The molecule has 1 amide bonds. The van der Waals surface area contributed by atoms with Gasteiger partial charge < -0.3 is 10.2 Å². The zero-order valence-electron chi connectivity index (χ0n) is 13.6. The summed E-state index contributed by atoms with van der Waals surface area (Å²) in [5, 5.41) is 2.84. The van der Waals surface area contributed by atoms with Crippen molar-refractivity contribution in [3.05, 3.63) is 54.0 Å². The van der Waals surface area contributed by atoms with E-state index >= 15 is 0 Å². The molecule has 1 unspecified atom stereocenters. The lowest BCUT2D eigenvalue weighted by Gasteiger charge is -2.23. The van der Waals surface area contributed by atoms with Gasteiger partial charge in [0.1, 0.15) is 11.6 Å². The SMILES string of the molecule is CN(C(=O)c1ccc(Nc2ccccc2F)nc1)C1CCS(=O)(=O)C1. The quantitative estimate of drug-likeness (QED) is 0.901. The molecule has 2 heterocycles. The molecule has 1 aliphatic heterocycles. The highest BCUT2D eigenvalue weighted by molar-refractivity contribution is 7.91. The first-order valence-corrected chi connectivity index (χ1v) is 9.63. The third-order valence-electron chi connectivity index (χ3n) is 4.22. The molecule has 0 bridgehead atoms. The second kappa shape index (κ2) is 6.79. The fourth-order valence-corrected chi connectivity index (χ4v) is 4.52.